The number of aromatic nitrogens is 5. The van der Waals surface area contributed by atoms with Crippen LogP contribution >= 0.6 is 0 Å². The van der Waals surface area contributed by atoms with E-state index in [0.717, 1.165) is 6.07 Å². The number of rotatable bonds is 4. The first-order valence-electron chi connectivity index (χ1n) is 10.5. The van der Waals surface area contributed by atoms with Crippen molar-refractivity contribution in [3.05, 3.63) is 64.2 Å². The molecule has 9 nitrogen and oxygen atoms in total. The van der Waals surface area contributed by atoms with Gasteiger partial charge in [0.15, 0.2) is 23.1 Å². The number of hydrogen-bond donors (Lipinski definition) is 2. The number of nitrogens with two attached hydrogens (primary N) is 1. The van der Waals surface area contributed by atoms with Gasteiger partial charge in [0.05, 0.1) is 23.0 Å². The summed E-state index contributed by atoms with van der Waals surface area (Å²) >= 11 is 0. The fourth-order valence-electron chi connectivity index (χ4n) is 4.07. The minimum atomic E-state index is -1.11. The molecule has 0 saturated heterocycles. The summed E-state index contributed by atoms with van der Waals surface area (Å²) < 4.78 is 43.9. The van der Waals surface area contributed by atoms with Gasteiger partial charge < -0.3 is 11.1 Å². The number of anilines is 1. The SMILES string of the molecule is Cc1nc2c(cc1F)c(-c1nc3c(c(C(N)=O)n1)C(C)(C)C(=O)N3)nn2Cc1cccc(F)c1F. The number of carbonyl (C=O) groups is 2. The molecule has 0 fully saturated rings. The van der Waals surface area contributed by atoms with Crippen molar-refractivity contribution in [2.75, 3.05) is 5.32 Å². The third kappa shape index (κ3) is 3.40. The normalized spacial score (nSPS) is 14.3. The van der Waals surface area contributed by atoms with E-state index in [1.165, 1.54) is 29.8 Å². The number of aryl methyl sites for hydroxylation is 1. The van der Waals surface area contributed by atoms with Crippen LogP contribution in [0.4, 0.5) is 19.0 Å². The van der Waals surface area contributed by atoms with Crippen molar-refractivity contribution in [3.63, 3.8) is 0 Å². The lowest BCUT2D eigenvalue weighted by atomic mass is 9.85. The second-order valence-electron chi connectivity index (χ2n) is 8.71. The highest BCUT2D eigenvalue weighted by Crippen LogP contribution is 2.39. The Morgan fingerprint density at radius 3 is 2.60 bits per heavy atom. The van der Waals surface area contributed by atoms with Gasteiger partial charge in [-0.05, 0) is 32.9 Å². The van der Waals surface area contributed by atoms with Crippen molar-refractivity contribution in [3.8, 4) is 11.5 Å². The predicted molar refractivity (Wildman–Crippen MR) is 119 cm³/mol. The summed E-state index contributed by atoms with van der Waals surface area (Å²) in [7, 11) is 0. The minimum absolute atomic E-state index is 0.00793. The first-order chi connectivity index (χ1) is 16.5. The third-order valence-electron chi connectivity index (χ3n) is 5.98. The van der Waals surface area contributed by atoms with Gasteiger partial charge in [-0.2, -0.15) is 5.10 Å². The highest BCUT2D eigenvalue weighted by Gasteiger charge is 2.43. The van der Waals surface area contributed by atoms with Gasteiger partial charge >= 0.3 is 0 Å². The van der Waals surface area contributed by atoms with Gasteiger partial charge in [0.1, 0.15) is 23.0 Å². The average molecular weight is 481 g/mol. The van der Waals surface area contributed by atoms with E-state index in [1.54, 1.807) is 13.8 Å². The first kappa shape index (κ1) is 22.4. The van der Waals surface area contributed by atoms with Gasteiger partial charge in [0.25, 0.3) is 5.91 Å². The lowest BCUT2D eigenvalue weighted by molar-refractivity contribution is -0.119. The maximum absolute atomic E-state index is 14.5. The molecule has 3 N–H and O–H groups in total. The Balaban J connectivity index is 1.75. The van der Waals surface area contributed by atoms with Crippen LogP contribution in [-0.2, 0) is 16.8 Å². The van der Waals surface area contributed by atoms with Crippen molar-refractivity contribution >= 4 is 28.7 Å². The molecule has 1 aliphatic rings. The second kappa shape index (κ2) is 7.58. The Bertz CT molecular complexity index is 1580. The lowest BCUT2D eigenvalue weighted by Gasteiger charge is -2.16. The molecule has 12 heteroatoms. The van der Waals surface area contributed by atoms with E-state index in [0.29, 0.717) is 0 Å². The van der Waals surface area contributed by atoms with Crippen LogP contribution in [0.3, 0.4) is 0 Å². The number of nitrogens with one attached hydrogen (secondary N) is 1. The van der Waals surface area contributed by atoms with Gasteiger partial charge in [-0.25, -0.2) is 32.8 Å². The molecule has 0 radical (unpaired) electrons. The minimum Gasteiger partial charge on any atom is -0.364 e. The Labute approximate surface area is 196 Å². The third-order valence-corrected chi connectivity index (χ3v) is 5.98. The van der Waals surface area contributed by atoms with Crippen LogP contribution < -0.4 is 11.1 Å². The monoisotopic (exact) mass is 481 g/mol. The molecular formula is C23H18F3N7O2. The smallest absolute Gasteiger partial charge is 0.267 e. The van der Waals surface area contributed by atoms with Crippen molar-refractivity contribution in [2.45, 2.75) is 32.7 Å². The van der Waals surface area contributed by atoms with Crippen LogP contribution in [-0.4, -0.2) is 36.5 Å². The molecule has 0 aliphatic carbocycles. The van der Waals surface area contributed by atoms with E-state index in [9.17, 15) is 22.8 Å². The standard InChI is InChI=1S/C23H18F3N7O2/c1-9-13(25)7-11-16(32-33(21(11)28-9)8-10-5-4-6-12(24)15(10)26)20-29-17(18(27)34)14-19(30-20)31-22(35)23(14,2)3/h4-7H,8H2,1-3H3,(H2,27,34)(H,29,30,31,35). The van der Waals surface area contributed by atoms with E-state index in [1.807, 2.05) is 0 Å². The lowest BCUT2D eigenvalue weighted by Crippen LogP contribution is -2.29. The summed E-state index contributed by atoms with van der Waals surface area (Å²) in [5.41, 5.74) is 4.73. The van der Waals surface area contributed by atoms with Gasteiger partial charge in [0, 0.05) is 11.1 Å². The average Bonchev–Trinajstić information content (AvgIpc) is 3.24. The molecule has 178 valence electrons. The molecule has 0 saturated carbocycles. The number of benzene rings is 1. The van der Waals surface area contributed by atoms with E-state index in [4.69, 9.17) is 5.73 Å². The number of hydrogen-bond acceptors (Lipinski definition) is 6. The van der Waals surface area contributed by atoms with Gasteiger partial charge in [-0.3, -0.25) is 9.59 Å². The van der Waals surface area contributed by atoms with E-state index < -0.39 is 34.7 Å². The molecule has 0 unspecified atom stereocenters. The Morgan fingerprint density at radius 2 is 1.89 bits per heavy atom. The van der Waals surface area contributed by atoms with Crippen LogP contribution in [0.2, 0.25) is 0 Å². The Kier molecular flexibility index (Phi) is 4.86. The van der Waals surface area contributed by atoms with E-state index in [-0.39, 0.29) is 57.4 Å². The number of nitrogens with zero attached hydrogens (tertiary/aromatic N) is 5. The molecule has 1 aromatic carbocycles. The summed E-state index contributed by atoms with van der Waals surface area (Å²) in [6.07, 6.45) is 0. The molecule has 5 rings (SSSR count). The second-order valence-corrected chi connectivity index (χ2v) is 8.71. The first-order valence-corrected chi connectivity index (χ1v) is 10.5. The van der Waals surface area contributed by atoms with Gasteiger partial charge in [-0.15, -0.1) is 0 Å². The largest absolute Gasteiger partial charge is 0.364 e. The summed E-state index contributed by atoms with van der Waals surface area (Å²) in [5.74, 6) is -4.04. The molecule has 1 aliphatic heterocycles. The molecule has 0 bridgehead atoms. The van der Waals surface area contributed by atoms with E-state index in [2.05, 4.69) is 25.4 Å². The molecular weight excluding hydrogens is 463 g/mol. The molecule has 0 atom stereocenters. The molecule has 3 aromatic heterocycles. The van der Waals surface area contributed by atoms with Crippen LogP contribution in [0.25, 0.3) is 22.6 Å². The number of carbonyl (C=O) groups excluding carboxylic acids is 2. The fraction of sp³-hybridized carbons (Fsp3) is 0.217. The van der Waals surface area contributed by atoms with Crippen LogP contribution in [0.15, 0.2) is 24.3 Å². The molecule has 0 spiro atoms. The number of pyridine rings is 1. The summed E-state index contributed by atoms with van der Waals surface area (Å²) in [6.45, 7) is 4.42. The molecule has 4 aromatic rings. The summed E-state index contributed by atoms with van der Waals surface area (Å²) in [4.78, 5) is 37.5. The molecule has 2 amide bonds. The zero-order valence-electron chi connectivity index (χ0n) is 18.8. The maximum atomic E-state index is 14.5. The Morgan fingerprint density at radius 1 is 1.14 bits per heavy atom. The Hall–Kier alpha value is -4.35. The van der Waals surface area contributed by atoms with Crippen LogP contribution in [0.5, 0.6) is 0 Å². The predicted octanol–water partition coefficient (Wildman–Crippen LogP) is 2.99. The number of primary amides is 1. The summed E-state index contributed by atoms with van der Waals surface area (Å²) in [6, 6.07) is 4.90. The van der Waals surface area contributed by atoms with Crippen molar-refractivity contribution in [2.24, 2.45) is 5.73 Å². The number of fused-ring (bicyclic) bond motifs is 2. The van der Waals surface area contributed by atoms with Gasteiger partial charge in [0.2, 0.25) is 5.91 Å². The van der Waals surface area contributed by atoms with Crippen LogP contribution in [0, 0.1) is 24.4 Å². The number of amides is 2. The highest BCUT2D eigenvalue weighted by atomic mass is 19.2. The highest BCUT2D eigenvalue weighted by molar-refractivity contribution is 6.09. The fourth-order valence-corrected chi connectivity index (χ4v) is 4.07. The van der Waals surface area contributed by atoms with Crippen molar-refractivity contribution in [1.82, 2.24) is 24.7 Å². The number of halogens is 3. The topological polar surface area (TPSA) is 129 Å². The zero-order chi connectivity index (χ0) is 25.2. The zero-order valence-corrected chi connectivity index (χ0v) is 18.8. The summed E-state index contributed by atoms with van der Waals surface area (Å²) in [5, 5.41) is 7.18. The van der Waals surface area contributed by atoms with E-state index >= 15 is 0 Å². The quantitative estimate of drug-likeness (QED) is 0.461. The van der Waals surface area contributed by atoms with Crippen molar-refractivity contribution < 1.29 is 22.8 Å². The molecule has 4 heterocycles. The van der Waals surface area contributed by atoms with Gasteiger partial charge in [-0.1, -0.05) is 12.1 Å². The molecule has 35 heavy (non-hydrogen) atoms. The van der Waals surface area contributed by atoms with Crippen LogP contribution in [0.1, 0.15) is 41.2 Å². The van der Waals surface area contributed by atoms with Crippen molar-refractivity contribution in [1.29, 1.82) is 0 Å². The maximum Gasteiger partial charge on any atom is 0.267 e.